The van der Waals surface area contributed by atoms with Gasteiger partial charge in [-0.1, -0.05) is 0 Å². The highest BCUT2D eigenvalue weighted by Crippen LogP contribution is 2.36. The fraction of sp³-hybridized carbons (Fsp3) is 0.176. The Kier molecular flexibility index (Phi) is 3.45. The molecule has 120 valence electrons. The number of rotatable bonds is 2. The Morgan fingerprint density at radius 2 is 2.08 bits per heavy atom. The number of ether oxygens (including phenoxy) is 1. The van der Waals surface area contributed by atoms with Crippen LogP contribution in [0.4, 0.5) is 5.69 Å². The van der Waals surface area contributed by atoms with E-state index in [4.69, 9.17) is 10.00 Å². The summed E-state index contributed by atoms with van der Waals surface area (Å²) in [6.45, 7) is 3.63. The van der Waals surface area contributed by atoms with Crippen LogP contribution in [0.5, 0.6) is 5.75 Å². The number of hydrogen-bond donors (Lipinski definition) is 0. The average Bonchev–Trinajstić information content (AvgIpc) is 2.53. The van der Waals surface area contributed by atoms with Gasteiger partial charge in [-0.15, -0.1) is 0 Å². The molecule has 1 aromatic heterocycles. The van der Waals surface area contributed by atoms with Gasteiger partial charge in [0, 0.05) is 17.8 Å². The minimum absolute atomic E-state index is 0.404. The zero-order chi connectivity index (χ0) is 17.5. The van der Waals surface area contributed by atoms with Crippen molar-refractivity contribution in [1.82, 2.24) is 4.57 Å². The lowest BCUT2D eigenvalue weighted by molar-refractivity contribution is -0.386. The Morgan fingerprint density at radius 3 is 2.75 bits per heavy atom. The van der Waals surface area contributed by atoms with Crippen molar-refractivity contribution in [2.75, 3.05) is 0 Å². The first-order valence-corrected chi connectivity index (χ1v) is 7.15. The fourth-order valence-electron chi connectivity index (χ4n) is 2.62. The van der Waals surface area contributed by atoms with Gasteiger partial charge >= 0.3 is 11.2 Å². The predicted molar refractivity (Wildman–Crippen MR) is 86.6 cm³/mol. The third kappa shape index (κ3) is 2.54. The molecule has 0 bridgehead atoms. The molecule has 0 unspecified atom stereocenters. The van der Waals surface area contributed by atoms with Crippen LogP contribution in [0.3, 0.4) is 0 Å². The standard InChI is InChI=1S/C17H13N3O4/c1-17(2)9-14(12-8-11(10-18)5-6-15(12)24-17)19-7-3-4-13(16(19)21)20(22)23/h3-9H,1-2H3. The predicted octanol–water partition coefficient (Wildman–Crippen LogP) is 2.69. The maximum Gasteiger partial charge on any atom is 0.334 e. The van der Waals surface area contributed by atoms with E-state index in [9.17, 15) is 14.9 Å². The second kappa shape index (κ2) is 5.35. The molecule has 1 aromatic carbocycles. The summed E-state index contributed by atoms with van der Waals surface area (Å²) < 4.78 is 7.06. The van der Waals surface area contributed by atoms with Crippen LogP contribution in [0.15, 0.2) is 47.4 Å². The van der Waals surface area contributed by atoms with Gasteiger partial charge in [-0.2, -0.15) is 5.26 Å². The summed E-state index contributed by atoms with van der Waals surface area (Å²) in [5.74, 6) is 0.509. The lowest BCUT2D eigenvalue weighted by Gasteiger charge is -2.31. The molecule has 0 saturated carbocycles. The lowest BCUT2D eigenvalue weighted by Crippen LogP contribution is -2.32. The van der Waals surface area contributed by atoms with Gasteiger partial charge in [0.05, 0.1) is 22.3 Å². The van der Waals surface area contributed by atoms with Crippen molar-refractivity contribution >= 4 is 11.4 Å². The number of nitro groups is 1. The highest BCUT2D eigenvalue weighted by Gasteiger charge is 2.29. The molecule has 1 aliphatic rings. The van der Waals surface area contributed by atoms with Gasteiger partial charge in [-0.05, 0) is 44.2 Å². The Labute approximate surface area is 137 Å². The Morgan fingerprint density at radius 1 is 1.33 bits per heavy atom. The minimum Gasteiger partial charge on any atom is -0.483 e. The van der Waals surface area contributed by atoms with Gasteiger partial charge in [0.1, 0.15) is 11.4 Å². The third-order valence-corrected chi connectivity index (χ3v) is 3.63. The molecular weight excluding hydrogens is 310 g/mol. The highest BCUT2D eigenvalue weighted by atomic mass is 16.6. The number of benzene rings is 1. The van der Waals surface area contributed by atoms with E-state index in [1.54, 1.807) is 24.3 Å². The summed E-state index contributed by atoms with van der Waals surface area (Å²) in [7, 11) is 0. The van der Waals surface area contributed by atoms with Gasteiger partial charge in [-0.25, -0.2) is 0 Å². The summed E-state index contributed by atoms with van der Waals surface area (Å²) in [4.78, 5) is 22.8. The van der Waals surface area contributed by atoms with Crippen LogP contribution in [0.1, 0.15) is 25.0 Å². The normalized spacial score (nSPS) is 14.8. The van der Waals surface area contributed by atoms with E-state index in [-0.39, 0.29) is 0 Å². The van der Waals surface area contributed by atoms with E-state index in [0.29, 0.717) is 22.6 Å². The molecule has 7 nitrogen and oxygen atoms in total. The summed E-state index contributed by atoms with van der Waals surface area (Å²) in [5.41, 5.74) is -0.564. The van der Waals surface area contributed by atoms with Crippen LogP contribution < -0.4 is 10.3 Å². The van der Waals surface area contributed by atoms with Gasteiger partial charge in [0.15, 0.2) is 0 Å². The molecule has 7 heteroatoms. The number of aromatic nitrogens is 1. The first-order valence-electron chi connectivity index (χ1n) is 7.15. The quantitative estimate of drug-likeness (QED) is 0.625. The molecule has 2 heterocycles. The monoisotopic (exact) mass is 323 g/mol. The molecule has 0 atom stereocenters. The molecule has 0 radical (unpaired) electrons. The van der Waals surface area contributed by atoms with Gasteiger partial charge in [0.2, 0.25) is 0 Å². The maximum atomic E-state index is 12.5. The number of nitriles is 1. The smallest absolute Gasteiger partial charge is 0.334 e. The minimum atomic E-state index is -0.736. The summed E-state index contributed by atoms with van der Waals surface area (Å²) in [5, 5.41) is 20.1. The van der Waals surface area contributed by atoms with Crippen molar-refractivity contribution < 1.29 is 9.66 Å². The number of pyridine rings is 1. The van der Waals surface area contributed by atoms with Crippen molar-refractivity contribution in [2.24, 2.45) is 0 Å². The molecule has 0 amide bonds. The highest BCUT2D eigenvalue weighted by molar-refractivity contribution is 5.75. The molecule has 0 spiro atoms. The van der Waals surface area contributed by atoms with E-state index >= 15 is 0 Å². The van der Waals surface area contributed by atoms with E-state index in [1.807, 2.05) is 19.9 Å². The van der Waals surface area contributed by atoms with Crippen LogP contribution >= 0.6 is 0 Å². The van der Waals surface area contributed by atoms with Crippen LogP contribution in [-0.4, -0.2) is 15.1 Å². The Balaban J connectivity index is 2.30. The van der Waals surface area contributed by atoms with Crippen molar-refractivity contribution in [2.45, 2.75) is 19.4 Å². The lowest BCUT2D eigenvalue weighted by atomic mass is 9.97. The second-order valence-corrected chi connectivity index (χ2v) is 5.88. The van der Waals surface area contributed by atoms with Crippen LogP contribution in [0, 0.1) is 21.4 Å². The van der Waals surface area contributed by atoms with Gasteiger partial charge < -0.3 is 4.74 Å². The molecule has 2 aromatic rings. The molecule has 0 N–H and O–H groups in total. The molecule has 0 fully saturated rings. The molecular formula is C17H13N3O4. The van der Waals surface area contributed by atoms with Gasteiger partial charge in [0.25, 0.3) is 0 Å². The second-order valence-electron chi connectivity index (χ2n) is 5.88. The van der Waals surface area contributed by atoms with Gasteiger partial charge in [-0.3, -0.25) is 19.5 Å². The van der Waals surface area contributed by atoms with E-state index in [1.165, 1.54) is 16.8 Å². The topological polar surface area (TPSA) is 98.2 Å². The van der Waals surface area contributed by atoms with E-state index < -0.39 is 21.8 Å². The zero-order valence-electron chi connectivity index (χ0n) is 13.0. The average molecular weight is 323 g/mol. The van der Waals surface area contributed by atoms with Crippen molar-refractivity contribution in [3.63, 3.8) is 0 Å². The maximum absolute atomic E-state index is 12.5. The molecule has 0 aliphatic carbocycles. The molecule has 24 heavy (non-hydrogen) atoms. The van der Waals surface area contributed by atoms with E-state index in [0.717, 1.165) is 6.07 Å². The number of nitrogens with zero attached hydrogens (tertiary/aromatic N) is 3. The van der Waals surface area contributed by atoms with Crippen molar-refractivity contribution in [3.8, 4) is 11.8 Å². The largest absolute Gasteiger partial charge is 0.483 e. The summed E-state index contributed by atoms with van der Waals surface area (Å²) >= 11 is 0. The number of fused-ring (bicyclic) bond motifs is 1. The van der Waals surface area contributed by atoms with Crippen LogP contribution in [0.25, 0.3) is 5.70 Å². The first kappa shape index (κ1) is 15.5. The van der Waals surface area contributed by atoms with Crippen LogP contribution in [0.2, 0.25) is 0 Å². The Bertz CT molecular complexity index is 980. The Hall–Kier alpha value is -3.40. The van der Waals surface area contributed by atoms with Crippen molar-refractivity contribution in [1.29, 1.82) is 5.26 Å². The van der Waals surface area contributed by atoms with Crippen molar-refractivity contribution in [3.05, 3.63) is 74.2 Å². The molecule has 3 rings (SSSR count). The summed E-state index contributed by atoms with van der Waals surface area (Å²) in [6.07, 6.45) is 3.17. The van der Waals surface area contributed by atoms with E-state index in [2.05, 4.69) is 0 Å². The SMILES string of the molecule is CC1(C)C=C(n2cccc([N+](=O)[O-])c2=O)c2cc(C#N)ccc2O1. The molecule has 1 aliphatic heterocycles. The zero-order valence-corrected chi connectivity index (χ0v) is 13.0. The third-order valence-electron chi connectivity index (χ3n) is 3.63. The number of hydrogen-bond acceptors (Lipinski definition) is 5. The van der Waals surface area contributed by atoms with Crippen LogP contribution in [-0.2, 0) is 0 Å². The first-order chi connectivity index (χ1) is 11.3. The summed E-state index contributed by atoms with van der Waals surface area (Å²) in [6, 6.07) is 9.52. The molecule has 0 saturated heterocycles. The fourth-order valence-corrected chi connectivity index (χ4v) is 2.62.